The molecular formula is C14H24ClNO. The Morgan fingerprint density at radius 1 is 1.12 bits per heavy atom. The molecule has 0 aromatic heterocycles. The van der Waals surface area contributed by atoms with Gasteiger partial charge in [0.2, 0.25) is 5.91 Å². The summed E-state index contributed by atoms with van der Waals surface area (Å²) in [6.45, 7) is 0.746. The van der Waals surface area contributed by atoms with Crippen molar-refractivity contribution in [1.29, 1.82) is 0 Å². The number of carbonyl (C=O) groups is 1. The quantitative estimate of drug-likeness (QED) is 0.666. The molecular weight excluding hydrogens is 234 g/mol. The second-order valence-electron chi connectivity index (χ2n) is 5.55. The molecule has 0 radical (unpaired) electrons. The van der Waals surface area contributed by atoms with Gasteiger partial charge in [-0.15, -0.1) is 11.6 Å². The molecule has 17 heavy (non-hydrogen) atoms. The predicted molar refractivity (Wildman–Crippen MR) is 71.3 cm³/mol. The Labute approximate surface area is 110 Å². The molecule has 0 aliphatic heterocycles. The van der Waals surface area contributed by atoms with Crippen LogP contribution in [0.25, 0.3) is 0 Å². The average molecular weight is 258 g/mol. The number of hydrogen-bond donors (Lipinski definition) is 0. The molecule has 2 rings (SSSR count). The zero-order chi connectivity index (χ0) is 12.1. The highest BCUT2D eigenvalue weighted by Gasteiger charge is 2.28. The van der Waals surface area contributed by atoms with E-state index in [1.54, 1.807) is 0 Å². The normalized spacial score (nSPS) is 21.5. The molecule has 0 aromatic carbocycles. The van der Waals surface area contributed by atoms with Gasteiger partial charge >= 0.3 is 0 Å². The van der Waals surface area contributed by atoms with Gasteiger partial charge in [0.05, 0.1) is 0 Å². The van der Waals surface area contributed by atoms with E-state index < -0.39 is 0 Å². The smallest absolute Gasteiger partial charge is 0.222 e. The fourth-order valence-corrected chi connectivity index (χ4v) is 3.25. The van der Waals surface area contributed by atoms with Crippen molar-refractivity contribution < 1.29 is 4.79 Å². The molecule has 98 valence electrons. The van der Waals surface area contributed by atoms with Crippen molar-refractivity contribution >= 4 is 17.5 Å². The first-order valence-corrected chi connectivity index (χ1v) is 7.70. The van der Waals surface area contributed by atoms with E-state index in [4.69, 9.17) is 11.6 Å². The molecule has 3 heteroatoms. The first-order chi connectivity index (χ1) is 8.31. The van der Waals surface area contributed by atoms with Gasteiger partial charge in [0, 0.05) is 24.9 Å². The van der Waals surface area contributed by atoms with Gasteiger partial charge in [0.25, 0.3) is 0 Å². The Bertz CT molecular complexity index is 247. The van der Waals surface area contributed by atoms with E-state index in [-0.39, 0.29) is 0 Å². The molecule has 0 unspecified atom stereocenters. The minimum atomic E-state index is 0.349. The van der Waals surface area contributed by atoms with Crippen LogP contribution >= 0.6 is 11.6 Å². The van der Waals surface area contributed by atoms with Crippen LogP contribution in [-0.4, -0.2) is 29.3 Å². The van der Waals surface area contributed by atoms with Crippen LogP contribution in [0.15, 0.2) is 0 Å². The van der Waals surface area contributed by atoms with E-state index in [1.807, 2.05) is 4.90 Å². The van der Waals surface area contributed by atoms with Crippen LogP contribution < -0.4 is 0 Å². The Balaban J connectivity index is 1.74. The third-order valence-corrected chi connectivity index (χ3v) is 4.57. The standard InChI is InChI=1S/C14H24ClNO/c15-10-11-16(13-6-3-7-13)14(17)9-8-12-4-1-2-5-12/h12-13H,1-11H2. The minimum Gasteiger partial charge on any atom is -0.339 e. The number of hydrogen-bond acceptors (Lipinski definition) is 1. The second kappa shape index (κ2) is 6.63. The molecule has 0 spiro atoms. The lowest BCUT2D eigenvalue weighted by Gasteiger charge is -2.37. The lowest BCUT2D eigenvalue weighted by molar-refractivity contribution is -0.135. The van der Waals surface area contributed by atoms with Crippen LogP contribution in [0, 0.1) is 5.92 Å². The summed E-state index contributed by atoms with van der Waals surface area (Å²) in [5, 5.41) is 0. The molecule has 2 fully saturated rings. The summed E-state index contributed by atoms with van der Waals surface area (Å²) in [6, 6.07) is 0.504. The molecule has 1 amide bonds. The zero-order valence-electron chi connectivity index (χ0n) is 10.7. The van der Waals surface area contributed by atoms with E-state index in [0.717, 1.165) is 25.3 Å². The molecule has 2 saturated carbocycles. The highest BCUT2D eigenvalue weighted by atomic mass is 35.5. The van der Waals surface area contributed by atoms with Gasteiger partial charge in [0.15, 0.2) is 0 Å². The highest BCUT2D eigenvalue weighted by Crippen LogP contribution is 2.30. The summed E-state index contributed by atoms with van der Waals surface area (Å²) < 4.78 is 0. The predicted octanol–water partition coefficient (Wildman–Crippen LogP) is 3.58. The van der Waals surface area contributed by atoms with Crippen LogP contribution in [0.1, 0.15) is 57.8 Å². The van der Waals surface area contributed by atoms with E-state index in [0.29, 0.717) is 17.8 Å². The van der Waals surface area contributed by atoms with Crippen molar-refractivity contribution in [2.75, 3.05) is 12.4 Å². The lowest BCUT2D eigenvalue weighted by atomic mass is 9.91. The van der Waals surface area contributed by atoms with Crippen LogP contribution in [0.2, 0.25) is 0 Å². The van der Waals surface area contributed by atoms with Gasteiger partial charge in [-0.3, -0.25) is 4.79 Å². The second-order valence-corrected chi connectivity index (χ2v) is 5.93. The number of carbonyl (C=O) groups excluding carboxylic acids is 1. The van der Waals surface area contributed by atoms with Crippen LogP contribution in [0.5, 0.6) is 0 Å². The summed E-state index contributed by atoms with van der Waals surface area (Å²) in [5.41, 5.74) is 0. The maximum atomic E-state index is 12.2. The molecule has 2 nitrogen and oxygen atoms in total. The third kappa shape index (κ3) is 3.61. The fraction of sp³-hybridized carbons (Fsp3) is 0.929. The summed E-state index contributed by atoms with van der Waals surface area (Å²) in [7, 11) is 0. The van der Waals surface area contributed by atoms with Gasteiger partial charge < -0.3 is 4.90 Å². The first-order valence-electron chi connectivity index (χ1n) is 7.16. The number of halogens is 1. The van der Waals surface area contributed by atoms with E-state index in [2.05, 4.69) is 0 Å². The summed E-state index contributed by atoms with van der Waals surface area (Å²) >= 11 is 5.80. The van der Waals surface area contributed by atoms with Gasteiger partial charge in [-0.05, 0) is 31.6 Å². The molecule has 0 atom stereocenters. The Kier molecular flexibility index (Phi) is 5.15. The minimum absolute atomic E-state index is 0.349. The molecule has 2 aliphatic rings. The number of nitrogens with zero attached hydrogens (tertiary/aromatic N) is 1. The van der Waals surface area contributed by atoms with Crippen molar-refractivity contribution in [3.8, 4) is 0 Å². The van der Waals surface area contributed by atoms with Crippen LogP contribution in [0.4, 0.5) is 0 Å². The van der Waals surface area contributed by atoms with Crippen molar-refractivity contribution in [1.82, 2.24) is 4.90 Å². The topological polar surface area (TPSA) is 20.3 Å². The zero-order valence-corrected chi connectivity index (χ0v) is 11.4. The SMILES string of the molecule is O=C(CCC1CCCC1)N(CCCl)C1CCC1. The fourth-order valence-electron chi connectivity index (χ4n) is 3.07. The number of alkyl halides is 1. The molecule has 0 N–H and O–H groups in total. The van der Waals surface area contributed by atoms with E-state index in [1.165, 1.54) is 44.9 Å². The van der Waals surface area contributed by atoms with Crippen molar-refractivity contribution in [2.45, 2.75) is 63.8 Å². The molecule has 0 saturated heterocycles. The van der Waals surface area contributed by atoms with Gasteiger partial charge in [-0.2, -0.15) is 0 Å². The number of rotatable bonds is 6. The van der Waals surface area contributed by atoms with Gasteiger partial charge in [-0.25, -0.2) is 0 Å². The Hall–Kier alpha value is -0.240. The summed E-state index contributed by atoms with van der Waals surface area (Å²) in [4.78, 5) is 14.2. The molecule has 0 bridgehead atoms. The largest absolute Gasteiger partial charge is 0.339 e. The molecule has 0 heterocycles. The number of amides is 1. The third-order valence-electron chi connectivity index (χ3n) is 4.40. The van der Waals surface area contributed by atoms with Crippen molar-refractivity contribution in [2.24, 2.45) is 5.92 Å². The molecule has 0 aromatic rings. The van der Waals surface area contributed by atoms with Gasteiger partial charge in [-0.1, -0.05) is 25.7 Å². The van der Waals surface area contributed by atoms with Crippen molar-refractivity contribution in [3.05, 3.63) is 0 Å². The van der Waals surface area contributed by atoms with E-state index >= 15 is 0 Å². The average Bonchev–Trinajstić information content (AvgIpc) is 2.75. The lowest BCUT2D eigenvalue weighted by Crippen LogP contribution is -2.45. The summed E-state index contributed by atoms with van der Waals surface area (Å²) in [5.74, 6) is 1.74. The van der Waals surface area contributed by atoms with E-state index in [9.17, 15) is 4.79 Å². The van der Waals surface area contributed by atoms with Crippen LogP contribution in [0.3, 0.4) is 0 Å². The van der Waals surface area contributed by atoms with Crippen molar-refractivity contribution in [3.63, 3.8) is 0 Å². The highest BCUT2D eigenvalue weighted by molar-refractivity contribution is 6.18. The van der Waals surface area contributed by atoms with Gasteiger partial charge in [0.1, 0.15) is 0 Å². The Morgan fingerprint density at radius 2 is 1.82 bits per heavy atom. The first kappa shape index (κ1) is 13.2. The maximum absolute atomic E-state index is 12.2. The monoisotopic (exact) mass is 257 g/mol. The van der Waals surface area contributed by atoms with Crippen LogP contribution in [-0.2, 0) is 4.79 Å². The maximum Gasteiger partial charge on any atom is 0.222 e. The Morgan fingerprint density at radius 3 is 2.35 bits per heavy atom. The molecule has 2 aliphatic carbocycles. The summed E-state index contributed by atoms with van der Waals surface area (Å²) in [6.07, 6.45) is 10.9.